The number of fused-ring (bicyclic) bond motifs is 2. The fourth-order valence-corrected chi connectivity index (χ4v) is 7.72. The highest BCUT2D eigenvalue weighted by Gasteiger charge is 2.31. The van der Waals surface area contributed by atoms with E-state index in [4.69, 9.17) is 51.3 Å². The van der Waals surface area contributed by atoms with Crippen LogP contribution in [0, 0.1) is 0 Å². The Kier molecular flexibility index (Phi) is 14.0. The summed E-state index contributed by atoms with van der Waals surface area (Å²) in [6.45, 7) is 3.02. The minimum Gasteiger partial charge on any atom is -0.464 e. The van der Waals surface area contributed by atoms with Crippen LogP contribution in [-0.4, -0.2) is 80.1 Å². The van der Waals surface area contributed by atoms with Crippen molar-refractivity contribution in [1.82, 2.24) is 10.2 Å². The molecule has 55 heavy (non-hydrogen) atoms. The Hall–Kier alpha value is -4.27. The summed E-state index contributed by atoms with van der Waals surface area (Å²) in [5, 5.41) is 3.83. The van der Waals surface area contributed by atoms with Gasteiger partial charge in [0.2, 0.25) is 6.29 Å². The van der Waals surface area contributed by atoms with E-state index in [0.29, 0.717) is 54.9 Å². The van der Waals surface area contributed by atoms with Gasteiger partial charge in [0.05, 0.1) is 35.1 Å². The Bertz CT molecular complexity index is 2020. The molecule has 3 heterocycles. The Morgan fingerprint density at radius 3 is 2.69 bits per heavy atom. The van der Waals surface area contributed by atoms with Gasteiger partial charge >= 0.3 is 12.1 Å². The van der Waals surface area contributed by atoms with Crippen molar-refractivity contribution >= 4 is 69.9 Å². The van der Waals surface area contributed by atoms with Crippen LogP contribution in [0.3, 0.4) is 0 Å². The molecule has 1 fully saturated rings. The smallest absolute Gasteiger partial charge is 0.464 e. The Morgan fingerprint density at radius 1 is 1.04 bits per heavy atom. The monoisotopic (exact) mass is 812 g/mol. The molecule has 0 radical (unpaired) electrons. The maximum Gasteiger partial charge on any atom is 0.511 e. The van der Waals surface area contributed by atoms with E-state index < -0.39 is 30.4 Å². The molecular formula is C40H42Cl2N2O10S. The first kappa shape index (κ1) is 40.4. The maximum atomic E-state index is 13.9. The Morgan fingerprint density at radius 2 is 1.89 bits per heavy atom. The van der Waals surface area contributed by atoms with Gasteiger partial charge in [-0.2, -0.15) is 0 Å². The van der Waals surface area contributed by atoms with E-state index in [1.54, 1.807) is 29.4 Å². The van der Waals surface area contributed by atoms with E-state index in [2.05, 4.69) is 5.32 Å². The van der Waals surface area contributed by atoms with Gasteiger partial charge in [0.1, 0.15) is 11.6 Å². The van der Waals surface area contributed by atoms with Gasteiger partial charge in [-0.25, -0.2) is 9.59 Å². The molecular weight excluding hydrogens is 771 g/mol. The number of esters is 1. The van der Waals surface area contributed by atoms with Crippen LogP contribution < -0.4 is 5.32 Å². The van der Waals surface area contributed by atoms with Gasteiger partial charge in [-0.3, -0.25) is 9.59 Å². The average Bonchev–Trinajstić information content (AvgIpc) is 3.65. The lowest BCUT2D eigenvalue weighted by Crippen LogP contribution is -2.45. The molecule has 15 heteroatoms. The number of nitrogens with zero attached hydrogens (tertiary/aromatic N) is 1. The molecule has 0 aliphatic carbocycles. The number of rotatable bonds is 14. The maximum absolute atomic E-state index is 13.9. The van der Waals surface area contributed by atoms with Crippen LogP contribution in [0.2, 0.25) is 10.0 Å². The van der Waals surface area contributed by atoms with Crippen LogP contribution in [0.1, 0.15) is 70.0 Å². The van der Waals surface area contributed by atoms with Gasteiger partial charge in [0, 0.05) is 55.3 Å². The summed E-state index contributed by atoms with van der Waals surface area (Å²) >= 11 is 15.1. The predicted molar refractivity (Wildman–Crippen MR) is 206 cm³/mol. The second-order valence-corrected chi connectivity index (χ2v) is 14.8. The van der Waals surface area contributed by atoms with Crippen molar-refractivity contribution in [3.63, 3.8) is 0 Å². The predicted octanol–water partition coefficient (Wildman–Crippen LogP) is 7.98. The lowest BCUT2D eigenvalue weighted by atomic mass is 9.95. The van der Waals surface area contributed by atoms with E-state index in [1.807, 2.05) is 42.7 Å². The summed E-state index contributed by atoms with van der Waals surface area (Å²) in [5.41, 5.74) is 3.24. The van der Waals surface area contributed by atoms with E-state index in [1.165, 1.54) is 18.7 Å². The van der Waals surface area contributed by atoms with Crippen molar-refractivity contribution in [3.8, 4) is 0 Å². The number of hydrogen-bond acceptors (Lipinski definition) is 11. The lowest BCUT2D eigenvalue weighted by Gasteiger charge is -2.30. The van der Waals surface area contributed by atoms with Crippen molar-refractivity contribution in [2.24, 2.45) is 0 Å². The van der Waals surface area contributed by atoms with E-state index >= 15 is 0 Å². The van der Waals surface area contributed by atoms with Gasteiger partial charge in [-0.1, -0.05) is 41.4 Å². The van der Waals surface area contributed by atoms with Crippen LogP contribution >= 0.6 is 35.0 Å². The molecule has 1 N–H and O–H groups in total. The van der Waals surface area contributed by atoms with Gasteiger partial charge < -0.3 is 38.3 Å². The molecule has 4 aromatic rings. The highest BCUT2D eigenvalue weighted by molar-refractivity contribution is 7.98. The number of furan rings is 1. The average molecular weight is 814 g/mol. The minimum absolute atomic E-state index is 0.00676. The van der Waals surface area contributed by atoms with Crippen molar-refractivity contribution in [2.75, 3.05) is 32.6 Å². The standard InChI is InChI=1S/C40H42Cl2N2O10S/c1-24(54-40(48)52-17-6-16-51-34-9-3-4-15-50-34)53-39(47)32(20-25-7-5-8-29(19-25)55-2)43-37(45)35-31(41)21-28-23-44(14-12-30(28)36(35)42)38(46)27-11-10-26-13-18-49-33(26)22-27/h5,7-8,10-11,13,18-19,21-22,24,32,34H,3-4,6,9,12,14-17,20,23H2,1-2H3,(H,43,45)/t24?,32-,34?/m0/s1. The molecule has 2 aliphatic heterocycles. The number of halogens is 2. The largest absolute Gasteiger partial charge is 0.511 e. The number of carbonyl (C=O) groups is 4. The highest BCUT2D eigenvalue weighted by Crippen LogP contribution is 2.35. The molecule has 1 aromatic heterocycles. The molecule has 3 aromatic carbocycles. The first-order valence-electron chi connectivity index (χ1n) is 18.1. The number of carbonyl (C=O) groups excluding carboxylic acids is 4. The van der Waals surface area contributed by atoms with Crippen molar-refractivity contribution in [1.29, 1.82) is 0 Å². The fourth-order valence-electron chi connectivity index (χ4n) is 6.47. The summed E-state index contributed by atoms with van der Waals surface area (Å²) in [4.78, 5) is 55.9. The Balaban J connectivity index is 1.09. The van der Waals surface area contributed by atoms with Crippen LogP contribution in [0.4, 0.5) is 4.79 Å². The van der Waals surface area contributed by atoms with Crippen molar-refractivity contribution in [3.05, 3.63) is 98.7 Å². The number of amides is 2. The second-order valence-electron chi connectivity index (χ2n) is 13.2. The molecule has 6 rings (SSSR count). The Labute approximate surface area is 333 Å². The third-order valence-electron chi connectivity index (χ3n) is 9.28. The van der Waals surface area contributed by atoms with E-state index in [9.17, 15) is 19.2 Å². The first-order chi connectivity index (χ1) is 26.6. The highest BCUT2D eigenvalue weighted by atomic mass is 35.5. The summed E-state index contributed by atoms with van der Waals surface area (Å²) in [6, 6.07) is 15.0. The molecule has 12 nitrogen and oxygen atoms in total. The number of ether oxygens (including phenoxy) is 5. The molecule has 0 saturated carbocycles. The van der Waals surface area contributed by atoms with Crippen LogP contribution in [-0.2, 0) is 47.9 Å². The van der Waals surface area contributed by atoms with Gasteiger partial charge in [-0.05, 0) is 85.0 Å². The summed E-state index contributed by atoms with van der Waals surface area (Å²) in [5.74, 6) is -1.72. The van der Waals surface area contributed by atoms with Crippen LogP contribution in [0.25, 0.3) is 11.0 Å². The molecule has 0 spiro atoms. The number of nitrogens with one attached hydrogen (secondary N) is 1. The molecule has 2 unspecified atom stereocenters. The zero-order chi connectivity index (χ0) is 38.9. The SMILES string of the molecule is CSc1cccc(C[C@H](NC(=O)c2c(Cl)cc3c(c2Cl)CCN(C(=O)c2ccc4ccoc4c2)C3)C(=O)OC(C)OC(=O)OCCCOC2CCCCO2)c1. The zero-order valence-electron chi connectivity index (χ0n) is 30.5. The van der Waals surface area contributed by atoms with Crippen molar-refractivity contribution in [2.45, 2.75) is 75.5 Å². The fraction of sp³-hybridized carbons (Fsp3) is 0.400. The third kappa shape index (κ3) is 10.5. The number of benzene rings is 3. The van der Waals surface area contributed by atoms with Crippen molar-refractivity contribution < 1.29 is 47.3 Å². The third-order valence-corrected chi connectivity index (χ3v) is 10.7. The molecule has 3 atom stereocenters. The molecule has 0 bridgehead atoms. The molecule has 2 aliphatic rings. The topological polar surface area (TPSA) is 143 Å². The lowest BCUT2D eigenvalue weighted by molar-refractivity contribution is -0.171. The van der Waals surface area contributed by atoms with E-state index in [0.717, 1.165) is 35.1 Å². The first-order valence-corrected chi connectivity index (χ1v) is 20.0. The molecule has 292 valence electrons. The number of thioether (sulfide) groups is 1. The van der Waals surface area contributed by atoms with Crippen LogP contribution in [0.5, 0.6) is 0 Å². The number of hydrogen-bond donors (Lipinski definition) is 1. The van der Waals surface area contributed by atoms with E-state index in [-0.39, 0.29) is 47.4 Å². The van der Waals surface area contributed by atoms with Gasteiger partial charge in [-0.15, -0.1) is 11.8 Å². The van der Waals surface area contributed by atoms with Gasteiger partial charge in [0.15, 0.2) is 6.29 Å². The summed E-state index contributed by atoms with van der Waals surface area (Å²) < 4.78 is 32.4. The summed E-state index contributed by atoms with van der Waals surface area (Å²) in [6.07, 6.45) is 4.67. The quantitative estimate of drug-likeness (QED) is 0.0573. The minimum atomic E-state index is -1.33. The van der Waals surface area contributed by atoms with Gasteiger partial charge in [0.25, 0.3) is 11.8 Å². The zero-order valence-corrected chi connectivity index (χ0v) is 32.8. The second kappa shape index (κ2) is 19.1. The summed E-state index contributed by atoms with van der Waals surface area (Å²) in [7, 11) is 0. The molecule has 2 amide bonds. The normalized spacial score (nSPS) is 16.5. The van der Waals surface area contributed by atoms with Crippen LogP contribution in [0.15, 0.2) is 70.2 Å². The molecule has 1 saturated heterocycles.